The van der Waals surface area contributed by atoms with E-state index in [9.17, 15) is 23.3 Å². The third-order valence-corrected chi connectivity index (χ3v) is 6.56. The standard InChI is InChI=1S/C19H21N3O7S/c1-3-21(30(26,27)18-11-15(22(24)25)6-4-13(18)2)12-19(23)20-14-5-7-16-17(10-14)29-9-8-28-16/h4-7,10-11H,3,8-9,12H2,1-2H3,(H,20,23). The molecule has 1 aliphatic rings. The highest BCUT2D eigenvalue weighted by atomic mass is 32.2. The van der Waals surface area contributed by atoms with E-state index in [1.807, 2.05) is 0 Å². The molecule has 0 spiro atoms. The van der Waals surface area contributed by atoms with Gasteiger partial charge < -0.3 is 14.8 Å². The molecule has 2 aromatic rings. The first-order valence-corrected chi connectivity index (χ1v) is 10.6. The maximum absolute atomic E-state index is 13.0. The van der Waals surface area contributed by atoms with Crippen molar-refractivity contribution < 1.29 is 27.6 Å². The van der Waals surface area contributed by atoms with Crippen molar-refractivity contribution in [2.24, 2.45) is 0 Å². The number of nitrogens with zero attached hydrogens (tertiary/aromatic N) is 2. The van der Waals surface area contributed by atoms with E-state index in [2.05, 4.69) is 5.32 Å². The summed E-state index contributed by atoms with van der Waals surface area (Å²) in [6.07, 6.45) is 0. The largest absolute Gasteiger partial charge is 0.486 e. The molecule has 160 valence electrons. The average Bonchev–Trinajstić information content (AvgIpc) is 2.71. The molecule has 0 atom stereocenters. The van der Waals surface area contributed by atoms with Crippen molar-refractivity contribution in [3.63, 3.8) is 0 Å². The van der Waals surface area contributed by atoms with E-state index in [1.54, 1.807) is 32.0 Å². The minimum Gasteiger partial charge on any atom is -0.486 e. The van der Waals surface area contributed by atoms with Gasteiger partial charge in [0.1, 0.15) is 13.2 Å². The van der Waals surface area contributed by atoms with E-state index in [0.717, 1.165) is 10.4 Å². The highest BCUT2D eigenvalue weighted by molar-refractivity contribution is 7.89. The van der Waals surface area contributed by atoms with Gasteiger partial charge in [-0.3, -0.25) is 14.9 Å². The monoisotopic (exact) mass is 435 g/mol. The van der Waals surface area contributed by atoms with Crippen molar-refractivity contribution in [3.05, 3.63) is 52.1 Å². The van der Waals surface area contributed by atoms with Gasteiger partial charge in [-0.15, -0.1) is 0 Å². The molecular formula is C19H21N3O7S. The van der Waals surface area contributed by atoms with Crippen molar-refractivity contribution >= 4 is 27.3 Å². The maximum atomic E-state index is 13.0. The number of carbonyl (C=O) groups is 1. The molecule has 1 N–H and O–H groups in total. The first-order valence-electron chi connectivity index (χ1n) is 9.17. The summed E-state index contributed by atoms with van der Waals surface area (Å²) in [4.78, 5) is 22.7. The van der Waals surface area contributed by atoms with Gasteiger partial charge in [0.25, 0.3) is 5.69 Å². The van der Waals surface area contributed by atoms with E-state index in [1.165, 1.54) is 12.1 Å². The quantitative estimate of drug-likeness (QED) is 0.522. The fraction of sp³-hybridized carbons (Fsp3) is 0.316. The number of rotatable bonds is 7. The number of hydrogen-bond acceptors (Lipinski definition) is 7. The zero-order valence-electron chi connectivity index (χ0n) is 16.5. The molecule has 0 aliphatic carbocycles. The number of likely N-dealkylation sites (N-methyl/N-ethyl adjacent to an activating group) is 1. The Balaban J connectivity index is 1.78. The van der Waals surface area contributed by atoms with Crippen LogP contribution in [0.15, 0.2) is 41.3 Å². The Morgan fingerprint density at radius 1 is 1.17 bits per heavy atom. The van der Waals surface area contributed by atoms with E-state index < -0.39 is 27.4 Å². The highest BCUT2D eigenvalue weighted by Crippen LogP contribution is 2.32. The number of carbonyl (C=O) groups excluding carboxylic acids is 1. The molecule has 10 nitrogen and oxygen atoms in total. The molecule has 0 saturated carbocycles. The topological polar surface area (TPSA) is 128 Å². The summed E-state index contributed by atoms with van der Waals surface area (Å²) in [7, 11) is -4.12. The van der Waals surface area contributed by atoms with Crippen molar-refractivity contribution in [1.29, 1.82) is 0 Å². The Morgan fingerprint density at radius 2 is 1.87 bits per heavy atom. The summed E-state index contributed by atoms with van der Waals surface area (Å²) in [6.45, 7) is 3.53. The van der Waals surface area contributed by atoms with Crippen LogP contribution in [0.5, 0.6) is 11.5 Å². The van der Waals surface area contributed by atoms with Crippen LogP contribution < -0.4 is 14.8 Å². The van der Waals surface area contributed by atoms with Crippen LogP contribution in [0.25, 0.3) is 0 Å². The van der Waals surface area contributed by atoms with Crippen LogP contribution in [0.1, 0.15) is 12.5 Å². The molecule has 0 fully saturated rings. The van der Waals surface area contributed by atoms with Crippen LogP contribution in [0.2, 0.25) is 0 Å². The van der Waals surface area contributed by atoms with Gasteiger partial charge in [0.2, 0.25) is 15.9 Å². The number of sulfonamides is 1. The minimum absolute atomic E-state index is 0.0129. The molecule has 30 heavy (non-hydrogen) atoms. The van der Waals surface area contributed by atoms with E-state index in [0.29, 0.717) is 36.0 Å². The molecule has 2 aromatic carbocycles. The molecule has 3 rings (SSSR count). The second-order valence-electron chi connectivity index (χ2n) is 6.54. The number of nitro benzene ring substituents is 1. The van der Waals surface area contributed by atoms with Crippen LogP contribution in [0, 0.1) is 17.0 Å². The lowest BCUT2D eigenvalue weighted by Crippen LogP contribution is -2.38. The fourth-order valence-electron chi connectivity index (χ4n) is 2.97. The number of nitrogens with one attached hydrogen (secondary N) is 1. The summed E-state index contributed by atoms with van der Waals surface area (Å²) >= 11 is 0. The molecule has 0 bridgehead atoms. The van der Waals surface area contributed by atoms with Crippen LogP contribution >= 0.6 is 0 Å². The lowest BCUT2D eigenvalue weighted by Gasteiger charge is -2.22. The second-order valence-corrected chi connectivity index (χ2v) is 8.45. The third kappa shape index (κ3) is 4.52. The first kappa shape index (κ1) is 21.5. The molecular weight excluding hydrogens is 414 g/mol. The molecule has 0 saturated heterocycles. The minimum atomic E-state index is -4.12. The summed E-state index contributed by atoms with van der Waals surface area (Å²) in [5.41, 5.74) is 0.450. The second kappa shape index (κ2) is 8.67. The zero-order chi connectivity index (χ0) is 21.9. The van der Waals surface area contributed by atoms with Gasteiger partial charge in [-0.1, -0.05) is 13.0 Å². The molecule has 11 heteroatoms. The smallest absolute Gasteiger partial charge is 0.270 e. The Labute approximate surface area is 173 Å². The van der Waals surface area contributed by atoms with Gasteiger partial charge in [0.15, 0.2) is 11.5 Å². The lowest BCUT2D eigenvalue weighted by molar-refractivity contribution is -0.385. The zero-order valence-corrected chi connectivity index (χ0v) is 17.3. The van der Waals surface area contributed by atoms with E-state index >= 15 is 0 Å². The SMILES string of the molecule is CCN(CC(=O)Nc1ccc2c(c1)OCCO2)S(=O)(=O)c1cc([N+](=O)[O-])ccc1C. The average molecular weight is 435 g/mol. The summed E-state index contributed by atoms with van der Waals surface area (Å²) in [6, 6.07) is 8.49. The molecule has 1 aliphatic heterocycles. The van der Waals surface area contributed by atoms with Gasteiger partial charge in [-0.25, -0.2) is 8.42 Å². The predicted octanol–water partition coefficient (Wildman–Crippen LogP) is 2.32. The molecule has 0 aromatic heterocycles. The number of hydrogen-bond donors (Lipinski definition) is 1. The fourth-order valence-corrected chi connectivity index (χ4v) is 4.62. The van der Waals surface area contributed by atoms with Gasteiger partial charge in [-0.05, 0) is 24.6 Å². The Hall–Kier alpha value is -3.18. The van der Waals surface area contributed by atoms with E-state index in [4.69, 9.17) is 9.47 Å². The van der Waals surface area contributed by atoms with Gasteiger partial charge in [0.05, 0.1) is 16.4 Å². The molecule has 0 radical (unpaired) electrons. The lowest BCUT2D eigenvalue weighted by atomic mass is 10.2. The van der Waals surface area contributed by atoms with Crippen LogP contribution in [0.4, 0.5) is 11.4 Å². The predicted molar refractivity (Wildman–Crippen MR) is 108 cm³/mol. The van der Waals surface area contributed by atoms with Gasteiger partial charge in [-0.2, -0.15) is 4.31 Å². The van der Waals surface area contributed by atoms with Gasteiger partial charge in [0, 0.05) is 30.4 Å². The van der Waals surface area contributed by atoms with Crippen LogP contribution in [-0.4, -0.2) is 49.9 Å². The number of ether oxygens (including phenoxy) is 2. The number of aryl methyl sites for hydroxylation is 1. The normalized spacial score (nSPS) is 13.2. The number of benzene rings is 2. The Kier molecular flexibility index (Phi) is 6.22. The third-order valence-electron chi connectivity index (χ3n) is 4.50. The van der Waals surface area contributed by atoms with Crippen LogP contribution in [-0.2, 0) is 14.8 Å². The van der Waals surface area contributed by atoms with Crippen molar-refractivity contribution in [1.82, 2.24) is 4.31 Å². The number of amides is 1. The molecule has 1 heterocycles. The molecule has 0 unspecified atom stereocenters. The van der Waals surface area contributed by atoms with Crippen molar-refractivity contribution in [2.75, 3.05) is 31.6 Å². The maximum Gasteiger partial charge on any atom is 0.270 e. The highest BCUT2D eigenvalue weighted by Gasteiger charge is 2.28. The summed E-state index contributed by atoms with van der Waals surface area (Å²) in [5, 5.41) is 13.7. The van der Waals surface area contributed by atoms with Crippen molar-refractivity contribution in [2.45, 2.75) is 18.7 Å². The number of fused-ring (bicyclic) bond motifs is 1. The van der Waals surface area contributed by atoms with Crippen molar-refractivity contribution in [3.8, 4) is 11.5 Å². The van der Waals surface area contributed by atoms with Crippen LogP contribution in [0.3, 0.4) is 0 Å². The van der Waals surface area contributed by atoms with Gasteiger partial charge >= 0.3 is 0 Å². The Morgan fingerprint density at radius 3 is 2.53 bits per heavy atom. The van der Waals surface area contributed by atoms with E-state index in [-0.39, 0.29) is 17.1 Å². The summed E-state index contributed by atoms with van der Waals surface area (Å²) < 4.78 is 37.9. The Bertz CT molecular complexity index is 1090. The number of non-ortho nitro benzene ring substituents is 1. The number of nitro groups is 1. The summed E-state index contributed by atoms with van der Waals surface area (Å²) in [5.74, 6) is 0.504. The first-order chi connectivity index (χ1) is 14.2. The number of anilines is 1. The molecule has 1 amide bonds.